The van der Waals surface area contributed by atoms with Crippen molar-refractivity contribution in [2.75, 3.05) is 0 Å². The van der Waals surface area contributed by atoms with Crippen molar-refractivity contribution in [2.24, 2.45) is 5.92 Å². The molecular formula is C16H19N3O2. The number of aromatic amines is 1. The average molecular weight is 285 g/mol. The van der Waals surface area contributed by atoms with E-state index < -0.39 is 0 Å². The van der Waals surface area contributed by atoms with Crippen LogP contribution >= 0.6 is 0 Å². The molecule has 0 unspecified atom stereocenters. The number of pyridine rings is 1. The van der Waals surface area contributed by atoms with Gasteiger partial charge in [-0.1, -0.05) is 24.4 Å². The van der Waals surface area contributed by atoms with E-state index in [1.165, 1.54) is 24.8 Å². The lowest BCUT2D eigenvalue weighted by Gasteiger charge is -2.24. The highest BCUT2D eigenvalue weighted by molar-refractivity contribution is 5.55. The van der Waals surface area contributed by atoms with Gasteiger partial charge in [0.2, 0.25) is 11.7 Å². The number of H-pyrrole nitrogens is 1. The Bertz CT molecular complexity index is 713. The first kappa shape index (κ1) is 12.8. The van der Waals surface area contributed by atoms with Crippen LogP contribution in [0.15, 0.2) is 15.4 Å². The van der Waals surface area contributed by atoms with E-state index in [0.717, 1.165) is 43.7 Å². The summed E-state index contributed by atoms with van der Waals surface area (Å²) in [5, 5.41) is 3.99. The molecule has 0 spiro atoms. The fraction of sp³-hybridized carbons (Fsp3) is 0.562. The van der Waals surface area contributed by atoms with Gasteiger partial charge in [-0.05, 0) is 43.2 Å². The van der Waals surface area contributed by atoms with E-state index in [9.17, 15) is 4.79 Å². The monoisotopic (exact) mass is 285 g/mol. The maximum Gasteiger partial charge on any atom is 0.259 e. The zero-order valence-electron chi connectivity index (χ0n) is 12.0. The van der Waals surface area contributed by atoms with Gasteiger partial charge in [0.15, 0.2) is 0 Å². The van der Waals surface area contributed by atoms with Gasteiger partial charge < -0.3 is 9.51 Å². The molecule has 5 nitrogen and oxygen atoms in total. The Morgan fingerprint density at radius 1 is 1.29 bits per heavy atom. The van der Waals surface area contributed by atoms with E-state index >= 15 is 0 Å². The number of fused-ring (bicyclic) bond motifs is 1. The third kappa shape index (κ3) is 2.41. The summed E-state index contributed by atoms with van der Waals surface area (Å²) in [5.74, 6) is 1.90. The summed E-state index contributed by atoms with van der Waals surface area (Å²) in [5.41, 5.74) is 2.71. The predicted molar refractivity (Wildman–Crippen MR) is 78.0 cm³/mol. The van der Waals surface area contributed by atoms with E-state index in [-0.39, 0.29) is 5.56 Å². The van der Waals surface area contributed by atoms with Crippen LogP contribution in [0, 0.1) is 5.92 Å². The average Bonchev–Trinajstić information content (AvgIpc) is 3.04. The van der Waals surface area contributed by atoms with E-state index in [4.69, 9.17) is 4.52 Å². The molecule has 2 aliphatic rings. The van der Waals surface area contributed by atoms with Gasteiger partial charge in [0.25, 0.3) is 5.56 Å². The molecule has 0 aliphatic heterocycles. The minimum absolute atomic E-state index is 0.109. The lowest BCUT2D eigenvalue weighted by molar-refractivity contribution is 0.280. The Balaban J connectivity index is 1.56. The number of aryl methyl sites for hydroxylation is 3. The third-order valence-corrected chi connectivity index (χ3v) is 4.79. The van der Waals surface area contributed by atoms with Crippen LogP contribution < -0.4 is 5.56 Å². The van der Waals surface area contributed by atoms with E-state index in [2.05, 4.69) is 15.1 Å². The van der Waals surface area contributed by atoms with Crippen LogP contribution in [0.5, 0.6) is 0 Å². The summed E-state index contributed by atoms with van der Waals surface area (Å²) in [6.07, 6.45) is 9.02. The molecule has 1 saturated carbocycles. The molecule has 2 heterocycles. The molecule has 0 saturated heterocycles. The molecule has 5 heteroatoms. The van der Waals surface area contributed by atoms with Crippen LogP contribution in [0.25, 0.3) is 11.4 Å². The van der Waals surface area contributed by atoms with Gasteiger partial charge in [-0.15, -0.1) is 0 Å². The summed E-state index contributed by atoms with van der Waals surface area (Å²) in [6, 6.07) is 1.93. The van der Waals surface area contributed by atoms with Crippen molar-refractivity contribution in [2.45, 2.75) is 51.4 Å². The number of hydrogen-bond acceptors (Lipinski definition) is 4. The Hall–Kier alpha value is -1.91. The Kier molecular flexibility index (Phi) is 3.13. The number of nitrogens with zero attached hydrogens (tertiary/aromatic N) is 2. The first-order valence-corrected chi connectivity index (χ1v) is 7.87. The molecule has 0 atom stereocenters. The molecule has 2 aliphatic carbocycles. The van der Waals surface area contributed by atoms with Crippen molar-refractivity contribution in [1.82, 2.24) is 15.1 Å². The maximum absolute atomic E-state index is 12.1. The molecule has 1 fully saturated rings. The summed E-state index contributed by atoms with van der Waals surface area (Å²) in [4.78, 5) is 19.5. The van der Waals surface area contributed by atoms with Gasteiger partial charge in [0.1, 0.15) is 0 Å². The van der Waals surface area contributed by atoms with Crippen LogP contribution in [0.4, 0.5) is 0 Å². The van der Waals surface area contributed by atoms with E-state index in [1.807, 2.05) is 6.07 Å². The molecule has 1 N–H and O–H groups in total. The molecule has 21 heavy (non-hydrogen) atoms. The number of hydrogen-bond donors (Lipinski definition) is 1. The van der Waals surface area contributed by atoms with E-state index in [1.54, 1.807) is 0 Å². The van der Waals surface area contributed by atoms with Crippen molar-refractivity contribution >= 4 is 0 Å². The lowest BCUT2D eigenvalue weighted by Crippen LogP contribution is -2.12. The van der Waals surface area contributed by atoms with E-state index in [0.29, 0.717) is 17.3 Å². The zero-order valence-corrected chi connectivity index (χ0v) is 12.0. The van der Waals surface area contributed by atoms with Crippen molar-refractivity contribution in [3.8, 4) is 11.4 Å². The Morgan fingerprint density at radius 2 is 2.19 bits per heavy atom. The highest BCUT2D eigenvalue weighted by atomic mass is 16.5. The largest absolute Gasteiger partial charge is 0.339 e. The van der Waals surface area contributed by atoms with Crippen molar-refractivity contribution in [3.63, 3.8) is 0 Å². The van der Waals surface area contributed by atoms with Crippen LogP contribution in [-0.2, 0) is 19.3 Å². The molecule has 0 amide bonds. The minimum Gasteiger partial charge on any atom is -0.339 e. The van der Waals surface area contributed by atoms with Crippen molar-refractivity contribution in [1.29, 1.82) is 0 Å². The van der Waals surface area contributed by atoms with Gasteiger partial charge in [-0.25, -0.2) is 0 Å². The first-order valence-electron chi connectivity index (χ1n) is 7.87. The zero-order chi connectivity index (χ0) is 14.2. The quantitative estimate of drug-likeness (QED) is 0.937. The van der Waals surface area contributed by atoms with Gasteiger partial charge in [0.05, 0.1) is 5.56 Å². The molecule has 0 radical (unpaired) electrons. The molecule has 4 rings (SSSR count). The lowest BCUT2D eigenvalue weighted by atomic mass is 9.82. The van der Waals surface area contributed by atoms with Gasteiger partial charge in [-0.3, -0.25) is 4.79 Å². The number of aromatic nitrogens is 3. The van der Waals surface area contributed by atoms with Crippen LogP contribution in [-0.4, -0.2) is 15.1 Å². The SMILES string of the molecule is O=c1[nH]c2c(cc1-c1noc(CCC3CCC3)n1)CCC2. The Morgan fingerprint density at radius 3 is 3.00 bits per heavy atom. The maximum atomic E-state index is 12.1. The molecule has 2 aromatic heterocycles. The van der Waals surface area contributed by atoms with Crippen molar-refractivity contribution in [3.05, 3.63) is 33.6 Å². The highest BCUT2D eigenvalue weighted by Gasteiger charge is 2.20. The topological polar surface area (TPSA) is 71.8 Å². The van der Waals surface area contributed by atoms with Gasteiger partial charge >= 0.3 is 0 Å². The minimum atomic E-state index is -0.109. The normalized spacial score (nSPS) is 17.7. The van der Waals surface area contributed by atoms with Gasteiger partial charge in [0, 0.05) is 12.1 Å². The summed E-state index contributed by atoms with van der Waals surface area (Å²) < 4.78 is 5.30. The first-order chi connectivity index (χ1) is 10.3. The standard InChI is InChI=1S/C16H19N3O2/c20-16-12(9-11-5-2-6-13(11)17-16)15-18-14(21-19-15)8-7-10-3-1-4-10/h9-10H,1-8H2,(H,17,20). The fourth-order valence-electron chi connectivity index (χ4n) is 3.25. The number of nitrogens with one attached hydrogen (secondary N) is 1. The van der Waals surface area contributed by atoms with Crippen LogP contribution in [0.3, 0.4) is 0 Å². The van der Waals surface area contributed by atoms with Gasteiger partial charge in [-0.2, -0.15) is 4.98 Å². The fourth-order valence-corrected chi connectivity index (χ4v) is 3.25. The smallest absolute Gasteiger partial charge is 0.259 e. The van der Waals surface area contributed by atoms with Crippen LogP contribution in [0.1, 0.15) is 49.3 Å². The Labute approximate surface area is 122 Å². The number of rotatable bonds is 4. The summed E-state index contributed by atoms with van der Waals surface area (Å²) >= 11 is 0. The summed E-state index contributed by atoms with van der Waals surface area (Å²) in [7, 11) is 0. The molecule has 0 bridgehead atoms. The summed E-state index contributed by atoms with van der Waals surface area (Å²) in [6.45, 7) is 0. The van der Waals surface area contributed by atoms with Crippen molar-refractivity contribution < 1.29 is 4.52 Å². The second-order valence-corrected chi connectivity index (χ2v) is 6.22. The second kappa shape index (κ2) is 5.13. The highest BCUT2D eigenvalue weighted by Crippen LogP contribution is 2.30. The third-order valence-electron chi connectivity index (χ3n) is 4.79. The predicted octanol–water partition coefficient (Wildman–Crippen LogP) is 2.65. The second-order valence-electron chi connectivity index (χ2n) is 6.22. The molecular weight excluding hydrogens is 266 g/mol. The molecule has 110 valence electrons. The molecule has 2 aromatic rings. The van der Waals surface area contributed by atoms with Crippen LogP contribution in [0.2, 0.25) is 0 Å². The molecule has 0 aromatic carbocycles.